The molecule has 0 aliphatic rings. The molecule has 0 aliphatic heterocycles. The van der Waals surface area contributed by atoms with Crippen molar-refractivity contribution in [3.63, 3.8) is 0 Å². The second-order valence-electron chi connectivity index (χ2n) is 14.7. The molecule has 0 radical (unpaired) electrons. The fourth-order valence-electron chi connectivity index (χ4n) is 6.79. The highest BCUT2D eigenvalue weighted by Gasteiger charge is 2.05. The van der Waals surface area contributed by atoms with Crippen molar-refractivity contribution in [3.8, 4) is 0 Å². The lowest BCUT2D eigenvalue weighted by molar-refractivity contribution is 0.529. The minimum absolute atomic E-state index is 1.06. The van der Waals surface area contributed by atoms with E-state index in [1.807, 2.05) is 0 Å². The lowest BCUT2D eigenvalue weighted by atomic mass is 9.99. The van der Waals surface area contributed by atoms with Gasteiger partial charge in [-0.25, -0.2) is 10.3 Å². The van der Waals surface area contributed by atoms with Crippen LogP contribution < -0.4 is 10.3 Å². The molecule has 0 saturated carbocycles. The number of rotatable bonds is 35. The Morgan fingerprint density at radius 2 is 0.714 bits per heavy atom. The fourth-order valence-corrected chi connectivity index (χ4v) is 7.83. The number of unbranched alkanes of at least 4 members (excludes halogenated alkanes) is 30. The van der Waals surface area contributed by atoms with E-state index >= 15 is 0 Å². The Bertz CT molecular complexity index is 949. The van der Waals surface area contributed by atoms with Crippen molar-refractivity contribution in [2.24, 2.45) is 10.3 Å². The van der Waals surface area contributed by atoms with Crippen molar-refractivity contribution >= 4 is 31.4 Å². The molecular weight excluding hydrogens is 739 g/mol. The smallest absolute Gasteiger partial charge is 0.265 e. The molecule has 0 aliphatic carbocycles. The molecule has 0 spiro atoms. The largest absolute Gasteiger partial charge is 0.271 e. The molecule has 0 fully saturated rings. The van der Waals surface area contributed by atoms with Gasteiger partial charge in [-0.2, -0.15) is 8.42 Å². The molecule has 0 atom stereocenters. The monoisotopic (exact) mass is 821 g/mol. The second-order valence-corrected chi connectivity index (χ2v) is 17.5. The first-order valence-corrected chi connectivity index (χ1v) is 24.6. The van der Waals surface area contributed by atoms with Crippen LogP contribution in [-0.2, 0) is 26.1 Å². The van der Waals surface area contributed by atoms with Gasteiger partial charge in [0.2, 0.25) is 0 Å². The van der Waals surface area contributed by atoms with Crippen molar-refractivity contribution in [1.29, 1.82) is 0 Å². The molecule has 1 rings (SSSR count). The van der Waals surface area contributed by atoms with Crippen LogP contribution in [-0.4, -0.2) is 8.42 Å². The van der Waals surface area contributed by atoms with Gasteiger partial charge in [0, 0.05) is 3.57 Å². The van der Waals surface area contributed by atoms with Crippen LogP contribution in [0.2, 0.25) is 0 Å². The highest BCUT2D eigenvalue weighted by molar-refractivity contribution is 14.1. The number of nitrogens with two attached hydrogens (primary N) is 2. The number of halogens is 1. The zero-order valence-corrected chi connectivity index (χ0v) is 35.4. The zero-order valence-electron chi connectivity index (χ0n) is 32.4. The molecule has 0 aromatic heterocycles. The van der Waals surface area contributed by atoms with E-state index in [1.165, 1.54) is 223 Å². The Kier molecular flexibility index (Phi) is 37.1. The summed E-state index contributed by atoms with van der Waals surface area (Å²) in [4.78, 5) is 0. The van der Waals surface area contributed by atoms with Crippen LogP contribution in [0.5, 0.6) is 0 Å². The molecule has 290 valence electrons. The normalized spacial score (nSPS) is 11.5. The maximum atomic E-state index is 11.9. The Balaban J connectivity index is 0.00000427. The first kappa shape index (κ1) is 48.6. The molecule has 1 aromatic rings. The highest BCUT2D eigenvalue weighted by Crippen LogP contribution is 2.22. The summed E-state index contributed by atoms with van der Waals surface area (Å²) in [6.45, 7) is 4.60. The zero-order chi connectivity index (χ0) is 36.1. The lowest BCUT2D eigenvalue weighted by Gasteiger charge is -2.09. The molecule has 4 N–H and O–H groups in total. The summed E-state index contributed by atoms with van der Waals surface area (Å²) >= 11 is -1.06. The maximum Gasteiger partial charge on any atom is 0.271 e. The summed E-state index contributed by atoms with van der Waals surface area (Å²) in [5.41, 5.74) is 2.87. The van der Waals surface area contributed by atoms with E-state index in [0.717, 1.165) is 9.99 Å². The van der Waals surface area contributed by atoms with Gasteiger partial charge in [0.1, 0.15) is 0 Å². The SMILES string of the molecule is CCCCCCCCCCCCCCCCCCc1ccc(I=O)c(CCCCCCCCCCCCCCCCCC)c1.NS(N)(=O)=O. The van der Waals surface area contributed by atoms with Gasteiger partial charge in [0.15, 0.2) is 21.2 Å². The Morgan fingerprint density at radius 1 is 0.449 bits per heavy atom. The summed E-state index contributed by atoms with van der Waals surface area (Å²) in [5.74, 6) is 0. The topological polar surface area (TPSA) is 103 Å². The van der Waals surface area contributed by atoms with E-state index < -0.39 is 31.4 Å². The Morgan fingerprint density at radius 3 is 1.00 bits per heavy atom. The van der Waals surface area contributed by atoms with E-state index in [4.69, 9.17) is 0 Å². The molecular formula is C42H81IN2O3S. The third-order valence-electron chi connectivity index (χ3n) is 9.81. The van der Waals surface area contributed by atoms with E-state index in [0.29, 0.717) is 0 Å². The van der Waals surface area contributed by atoms with Gasteiger partial charge >= 0.3 is 0 Å². The van der Waals surface area contributed by atoms with Crippen LogP contribution in [0.4, 0.5) is 0 Å². The van der Waals surface area contributed by atoms with Gasteiger partial charge in [-0.15, -0.1) is 0 Å². The summed E-state index contributed by atoms with van der Waals surface area (Å²) in [5, 5.41) is 8.21. The third kappa shape index (κ3) is 38.7. The number of hydrogen-bond donors (Lipinski definition) is 2. The quantitative estimate of drug-likeness (QED) is 0.0526. The lowest BCUT2D eigenvalue weighted by Crippen LogP contribution is -2.21. The van der Waals surface area contributed by atoms with E-state index in [2.05, 4.69) is 42.3 Å². The molecule has 0 heterocycles. The van der Waals surface area contributed by atoms with Crippen LogP contribution in [0.1, 0.15) is 230 Å². The summed E-state index contributed by atoms with van der Waals surface area (Å²) in [6, 6.07) is 6.85. The van der Waals surface area contributed by atoms with Gasteiger partial charge in [0.25, 0.3) is 10.2 Å². The average Bonchev–Trinajstić information content (AvgIpc) is 3.07. The minimum Gasteiger partial charge on any atom is -0.265 e. The third-order valence-corrected chi connectivity index (χ3v) is 11.3. The predicted molar refractivity (Wildman–Crippen MR) is 224 cm³/mol. The fraction of sp³-hybridized carbons (Fsp3) is 0.857. The standard InChI is InChI=1S/C42H77IO.H4N2O2S/c1-3-5-7-9-11-13-15-17-19-21-23-25-27-29-31-33-35-40-37-38-42(43-44)41(39-40)36-34-32-30-28-26-24-22-20-18-16-14-12-10-8-6-4-2;1-5(2,3)4/h37-39H,3-36H2,1-2H3;(H4,1,2,3,4). The van der Waals surface area contributed by atoms with E-state index in [1.54, 1.807) is 0 Å². The second kappa shape index (κ2) is 37.4. The molecule has 5 nitrogen and oxygen atoms in total. The Labute approximate surface area is 316 Å². The molecule has 0 saturated heterocycles. The number of aryl methyl sites for hydroxylation is 2. The van der Waals surface area contributed by atoms with Crippen LogP contribution in [0.3, 0.4) is 0 Å². The highest BCUT2D eigenvalue weighted by atomic mass is 127. The molecule has 0 unspecified atom stereocenters. The van der Waals surface area contributed by atoms with E-state index in [9.17, 15) is 11.5 Å². The molecule has 0 bridgehead atoms. The average molecular weight is 821 g/mol. The number of benzene rings is 1. The van der Waals surface area contributed by atoms with Crippen molar-refractivity contribution in [3.05, 3.63) is 32.9 Å². The van der Waals surface area contributed by atoms with Crippen molar-refractivity contribution < 1.29 is 11.5 Å². The van der Waals surface area contributed by atoms with Crippen molar-refractivity contribution in [2.45, 2.75) is 232 Å². The van der Waals surface area contributed by atoms with Crippen LogP contribution >= 0.6 is 21.2 Å². The summed E-state index contributed by atoms with van der Waals surface area (Å²) in [6.07, 6.45) is 47.8. The van der Waals surface area contributed by atoms with Crippen LogP contribution in [0.25, 0.3) is 0 Å². The number of hydrogen-bond acceptors (Lipinski definition) is 3. The molecule has 49 heavy (non-hydrogen) atoms. The van der Waals surface area contributed by atoms with Gasteiger partial charge in [-0.1, -0.05) is 219 Å². The van der Waals surface area contributed by atoms with Crippen LogP contribution in [0.15, 0.2) is 18.2 Å². The van der Waals surface area contributed by atoms with Crippen molar-refractivity contribution in [1.82, 2.24) is 0 Å². The first-order valence-electron chi connectivity index (χ1n) is 21.0. The van der Waals surface area contributed by atoms with Gasteiger partial charge in [-0.05, 0) is 42.9 Å². The summed E-state index contributed by atoms with van der Waals surface area (Å²) < 4.78 is 31.4. The molecule has 0 amide bonds. The maximum absolute atomic E-state index is 11.9. The predicted octanol–water partition coefficient (Wildman–Crippen LogP) is 13.9. The Hall–Kier alpha value is -0.380. The summed E-state index contributed by atoms with van der Waals surface area (Å²) in [7, 11) is -3.67. The first-order chi connectivity index (χ1) is 23.8. The van der Waals surface area contributed by atoms with Crippen LogP contribution in [0, 0.1) is 3.57 Å². The van der Waals surface area contributed by atoms with Gasteiger partial charge in [0.05, 0.1) is 0 Å². The van der Waals surface area contributed by atoms with Gasteiger partial charge in [-0.3, -0.25) is 3.07 Å². The van der Waals surface area contributed by atoms with Crippen molar-refractivity contribution in [2.75, 3.05) is 0 Å². The molecule has 7 heteroatoms. The van der Waals surface area contributed by atoms with E-state index in [-0.39, 0.29) is 0 Å². The molecule has 1 aromatic carbocycles. The van der Waals surface area contributed by atoms with Gasteiger partial charge < -0.3 is 0 Å². The minimum atomic E-state index is -3.67.